The van der Waals surface area contributed by atoms with Gasteiger partial charge in [-0.05, 0) is 44.9 Å². The summed E-state index contributed by atoms with van der Waals surface area (Å²) in [4.78, 5) is 13.0. The summed E-state index contributed by atoms with van der Waals surface area (Å²) >= 11 is 0. The van der Waals surface area contributed by atoms with Gasteiger partial charge in [0, 0.05) is 13.0 Å². The highest BCUT2D eigenvalue weighted by Crippen LogP contribution is 2.27. The minimum atomic E-state index is -1.70. The van der Waals surface area contributed by atoms with Crippen molar-refractivity contribution in [2.75, 3.05) is 33.0 Å². The first kappa shape index (κ1) is 64.6. The van der Waals surface area contributed by atoms with Crippen LogP contribution in [0.2, 0.25) is 0 Å². The smallest absolute Gasteiger partial charge is 0.306 e. The molecule has 2 aliphatic heterocycles. The van der Waals surface area contributed by atoms with Crippen LogP contribution in [0.3, 0.4) is 0 Å². The van der Waals surface area contributed by atoms with Crippen molar-refractivity contribution in [1.29, 1.82) is 0 Å². The van der Waals surface area contributed by atoms with Crippen LogP contribution in [0.15, 0.2) is 24.3 Å². The lowest BCUT2D eigenvalue weighted by Gasteiger charge is -2.42. The monoisotopic (exact) mass is 1000 g/mol. The molecule has 0 bridgehead atoms. The Hall–Kier alpha value is -1.53. The second-order valence-electron chi connectivity index (χ2n) is 20.1. The number of hydrogen-bond donors (Lipinski definition) is 7. The predicted molar refractivity (Wildman–Crippen MR) is 275 cm³/mol. The van der Waals surface area contributed by atoms with E-state index in [2.05, 4.69) is 38.2 Å². The molecule has 0 aromatic carbocycles. The number of ether oxygens (including phenoxy) is 6. The number of carbonyl (C=O) groups excluding carboxylic acids is 1. The summed E-state index contributed by atoms with van der Waals surface area (Å²) in [5.41, 5.74) is 0. The van der Waals surface area contributed by atoms with E-state index in [1.54, 1.807) is 0 Å². The highest BCUT2D eigenvalue weighted by Gasteiger charge is 2.47. The number of carbonyl (C=O) groups is 1. The Morgan fingerprint density at radius 2 is 0.886 bits per heavy atom. The van der Waals surface area contributed by atoms with Crippen molar-refractivity contribution in [3.63, 3.8) is 0 Å². The van der Waals surface area contributed by atoms with Gasteiger partial charge in [0.1, 0.15) is 54.9 Å². The molecule has 11 atom stereocenters. The molecule has 7 N–H and O–H groups in total. The topological polar surface area (TPSA) is 214 Å². The number of unbranched alkanes of at least 4 members (excludes halogenated alkanes) is 28. The van der Waals surface area contributed by atoms with E-state index in [1.165, 1.54) is 154 Å². The van der Waals surface area contributed by atoms with E-state index in [1.807, 2.05) is 0 Å². The number of aliphatic hydroxyl groups excluding tert-OH is 7. The zero-order chi connectivity index (χ0) is 50.9. The fourth-order valence-corrected chi connectivity index (χ4v) is 9.08. The second kappa shape index (κ2) is 43.8. The molecule has 2 rings (SSSR count). The summed E-state index contributed by atoms with van der Waals surface area (Å²) in [5.74, 6) is -0.374. The minimum absolute atomic E-state index is 0.0659. The maximum absolute atomic E-state index is 13.0. The van der Waals surface area contributed by atoms with Gasteiger partial charge in [-0.1, -0.05) is 199 Å². The molecule has 0 saturated carbocycles. The molecule has 2 aliphatic rings. The summed E-state index contributed by atoms with van der Waals surface area (Å²) in [7, 11) is 0. The molecular weight excluding hydrogens is 897 g/mol. The van der Waals surface area contributed by atoms with Crippen LogP contribution in [0.25, 0.3) is 0 Å². The van der Waals surface area contributed by atoms with Gasteiger partial charge in [0.05, 0.1) is 26.4 Å². The normalized spacial score (nSPS) is 25.6. The summed E-state index contributed by atoms with van der Waals surface area (Å²) in [6.07, 6.45) is 32.5. The first-order chi connectivity index (χ1) is 34.1. The Morgan fingerprint density at radius 3 is 1.37 bits per heavy atom. The molecule has 0 aromatic heterocycles. The second-order valence-corrected chi connectivity index (χ2v) is 20.1. The molecule has 2 saturated heterocycles. The molecule has 14 heteroatoms. The number of rotatable bonds is 46. The number of aliphatic hydroxyl groups is 7. The third-order valence-electron chi connectivity index (χ3n) is 13.7. The van der Waals surface area contributed by atoms with Gasteiger partial charge in [-0.2, -0.15) is 0 Å². The maximum atomic E-state index is 13.0. The van der Waals surface area contributed by atoms with Crippen molar-refractivity contribution in [1.82, 2.24) is 0 Å². The van der Waals surface area contributed by atoms with E-state index < -0.39 is 80.7 Å². The fraction of sp³-hybridized carbons (Fsp3) is 0.911. The zero-order valence-electron chi connectivity index (χ0n) is 44.0. The van der Waals surface area contributed by atoms with Gasteiger partial charge in [-0.15, -0.1) is 0 Å². The molecule has 0 radical (unpaired) electrons. The minimum Gasteiger partial charge on any atom is -0.457 e. The van der Waals surface area contributed by atoms with Crippen LogP contribution in [-0.4, -0.2) is 142 Å². The average molecular weight is 1000 g/mol. The average Bonchev–Trinajstić information content (AvgIpc) is 3.36. The van der Waals surface area contributed by atoms with E-state index in [4.69, 9.17) is 28.4 Å². The summed E-state index contributed by atoms with van der Waals surface area (Å²) in [6, 6.07) is 0. The van der Waals surface area contributed by atoms with Crippen LogP contribution in [0.4, 0.5) is 0 Å². The van der Waals surface area contributed by atoms with Crippen molar-refractivity contribution in [3.05, 3.63) is 24.3 Å². The zero-order valence-corrected chi connectivity index (χ0v) is 44.0. The van der Waals surface area contributed by atoms with E-state index in [0.717, 1.165) is 44.9 Å². The third-order valence-corrected chi connectivity index (χ3v) is 13.7. The predicted octanol–water partition coefficient (Wildman–Crippen LogP) is 9.58. The SMILES string of the molecule is CCCCCCC/C=C\C/C=C\CCCCCCCCCCCCCCCC(=O)OC(COCCCCCCCCCCCCC)COC1OC(COC2OC(CO)C(O)C(O)C2O)C(O)C(O)C1O. The quantitative estimate of drug-likeness (QED) is 0.0172. The largest absolute Gasteiger partial charge is 0.457 e. The lowest BCUT2D eigenvalue weighted by atomic mass is 9.98. The van der Waals surface area contributed by atoms with Crippen LogP contribution >= 0.6 is 0 Å². The van der Waals surface area contributed by atoms with Crippen molar-refractivity contribution in [2.45, 2.75) is 293 Å². The first-order valence-electron chi connectivity index (χ1n) is 28.4. The molecular formula is C56H104O14. The van der Waals surface area contributed by atoms with Crippen molar-refractivity contribution < 1.29 is 69.0 Å². The number of allylic oxidation sites excluding steroid dienone is 4. The standard InChI is InChI=1S/C56H104O14/c1-3-5-7-9-11-13-15-16-17-18-19-20-21-22-23-24-25-26-27-28-29-31-33-35-37-39-48(58)68-45(42-65-40-38-36-34-32-30-14-12-10-8-6-4-2)43-66-55-54(64)52(62)50(60)47(70-55)44-67-56-53(63)51(61)49(59)46(41-57)69-56/h15-16,18-19,45-47,49-57,59-64H,3-14,17,20-44H2,1-2H3/b16-15-,19-18-. The van der Waals surface area contributed by atoms with E-state index in [9.17, 15) is 40.5 Å². The Labute approximate surface area is 424 Å². The van der Waals surface area contributed by atoms with Crippen LogP contribution in [0.5, 0.6) is 0 Å². The third kappa shape index (κ3) is 30.6. The summed E-state index contributed by atoms with van der Waals surface area (Å²) < 4.78 is 34.3. The molecule has 0 aliphatic carbocycles. The number of hydrogen-bond acceptors (Lipinski definition) is 14. The fourth-order valence-electron chi connectivity index (χ4n) is 9.08. The van der Waals surface area contributed by atoms with E-state index in [0.29, 0.717) is 13.0 Å². The van der Waals surface area contributed by atoms with Crippen LogP contribution < -0.4 is 0 Å². The Bertz CT molecular complexity index is 1250. The lowest BCUT2D eigenvalue weighted by Crippen LogP contribution is -2.61. The van der Waals surface area contributed by atoms with Gasteiger partial charge in [0.15, 0.2) is 12.6 Å². The highest BCUT2D eigenvalue weighted by molar-refractivity contribution is 5.69. The Kier molecular flexibility index (Phi) is 40.4. The van der Waals surface area contributed by atoms with Crippen molar-refractivity contribution in [3.8, 4) is 0 Å². The van der Waals surface area contributed by atoms with Crippen LogP contribution in [0, 0.1) is 0 Å². The van der Waals surface area contributed by atoms with Crippen LogP contribution in [-0.2, 0) is 33.2 Å². The first-order valence-corrected chi connectivity index (χ1v) is 28.4. The van der Waals surface area contributed by atoms with Gasteiger partial charge >= 0.3 is 5.97 Å². The molecule has 0 aromatic rings. The molecule has 0 amide bonds. The van der Waals surface area contributed by atoms with E-state index >= 15 is 0 Å². The van der Waals surface area contributed by atoms with Gasteiger partial charge in [0.25, 0.3) is 0 Å². The van der Waals surface area contributed by atoms with Gasteiger partial charge in [-0.25, -0.2) is 0 Å². The molecule has 2 heterocycles. The Morgan fingerprint density at radius 1 is 0.471 bits per heavy atom. The molecule has 0 spiro atoms. The highest BCUT2D eigenvalue weighted by atomic mass is 16.7. The van der Waals surface area contributed by atoms with E-state index in [-0.39, 0.29) is 25.6 Å². The molecule has 70 heavy (non-hydrogen) atoms. The molecule has 14 nitrogen and oxygen atoms in total. The van der Waals surface area contributed by atoms with Crippen LogP contribution in [0.1, 0.15) is 226 Å². The summed E-state index contributed by atoms with van der Waals surface area (Å²) in [6.45, 7) is 3.70. The molecule has 11 unspecified atom stereocenters. The molecule has 412 valence electrons. The lowest BCUT2D eigenvalue weighted by molar-refractivity contribution is -0.332. The maximum Gasteiger partial charge on any atom is 0.306 e. The van der Waals surface area contributed by atoms with Gasteiger partial charge in [0.2, 0.25) is 0 Å². The van der Waals surface area contributed by atoms with Crippen molar-refractivity contribution in [2.24, 2.45) is 0 Å². The Balaban J connectivity index is 1.67. The van der Waals surface area contributed by atoms with Gasteiger partial charge < -0.3 is 64.2 Å². The molecule has 2 fully saturated rings. The number of esters is 1. The van der Waals surface area contributed by atoms with Crippen molar-refractivity contribution >= 4 is 5.97 Å². The summed E-state index contributed by atoms with van der Waals surface area (Å²) in [5, 5.41) is 72.2. The van der Waals surface area contributed by atoms with Gasteiger partial charge in [-0.3, -0.25) is 4.79 Å².